The van der Waals surface area contributed by atoms with E-state index in [1.54, 1.807) is 11.3 Å². The molecular weight excluding hydrogens is 264 g/mol. The summed E-state index contributed by atoms with van der Waals surface area (Å²) in [5.41, 5.74) is 0.998. The molecule has 6 heteroatoms. The van der Waals surface area contributed by atoms with Crippen LogP contribution in [0.2, 0.25) is 0 Å². The van der Waals surface area contributed by atoms with Crippen LogP contribution in [0.3, 0.4) is 0 Å². The minimum Gasteiger partial charge on any atom is -0.481 e. The highest BCUT2D eigenvalue weighted by Gasteiger charge is 2.33. The highest BCUT2D eigenvalue weighted by atomic mass is 32.1. The van der Waals surface area contributed by atoms with Gasteiger partial charge in [0, 0.05) is 24.3 Å². The summed E-state index contributed by atoms with van der Waals surface area (Å²) in [5, 5.41) is 14.8. The zero-order valence-corrected chi connectivity index (χ0v) is 11.7. The van der Waals surface area contributed by atoms with Gasteiger partial charge >= 0.3 is 5.97 Å². The number of rotatable bonds is 5. The molecule has 19 heavy (non-hydrogen) atoms. The highest BCUT2D eigenvalue weighted by molar-refractivity contribution is 7.09. The number of carbonyl (C=O) groups excluding carboxylic acids is 1. The van der Waals surface area contributed by atoms with Crippen LogP contribution in [0.15, 0.2) is 5.38 Å². The third kappa shape index (κ3) is 3.76. The molecule has 0 bridgehead atoms. The van der Waals surface area contributed by atoms with Crippen LogP contribution in [0.1, 0.15) is 30.0 Å². The Morgan fingerprint density at radius 2 is 2.21 bits per heavy atom. The molecule has 1 fully saturated rings. The van der Waals surface area contributed by atoms with E-state index < -0.39 is 5.97 Å². The summed E-state index contributed by atoms with van der Waals surface area (Å²) in [7, 11) is 0. The molecule has 0 aliphatic heterocycles. The fourth-order valence-corrected chi connectivity index (χ4v) is 3.07. The van der Waals surface area contributed by atoms with E-state index in [0.29, 0.717) is 25.8 Å². The molecule has 5 nitrogen and oxygen atoms in total. The fraction of sp³-hybridized carbons (Fsp3) is 0.615. The predicted octanol–water partition coefficient (Wildman–Crippen LogP) is 1.61. The Bertz CT molecular complexity index is 472. The summed E-state index contributed by atoms with van der Waals surface area (Å²) < 4.78 is 0. The number of aliphatic carboxylic acids is 1. The van der Waals surface area contributed by atoms with Crippen LogP contribution in [0.5, 0.6) is 0 Å². The molecule has 2 rings (SSSR count). The van der Waals surface area contributed by atoms with Crippen molar-refractivity contribution < 1.29 is 14.7 Å². The normalized spacial score (nSPS) is 22.4. The maximum atomic E-state index is 11.9. The molecule has 0 aromatic carbocycles. The van der Waals surface area contributed by atoms with Gasteiger partial charge in [-0.25, -0.2) is 4.98 Å². The lowest BCUT2D eigenvalue weighted by molar-refractivity contribution is -0.141. The predicted molar refractivity (Wildman–Crippen MR) is 72.0 cm³/mol. The van der Waals surface area contributed by atoms with E-state index in [0.717, 1.165) is 17.1 Å². The monoisotopic (exact) mass is 282 g/mol. The lowest BCUT2D eigenvalue weighted by Gasteiger charge is -2.10. The SMILES string of the molecule is Cc1nc(CCNC(=O)C2CCC(C(=O)O)C2)cs1. The van der Waals surface area contributed by atoms with Gasteiger partial charge in [-0.15, -0.1) is 11.3 Å². The smallest absolute Gasteiger partial charge is 0.306 e. The van der Waals surface area contributed by atoms with Gasteiger partial charge in [0.15, 0.2) is 0 Å². The van der Waals surface area contributed by atoms with Crippen molar-refractivity contribution >= 4 is 23.2 Å². The van der Waals surface area contributed by atoms with Crippen molar-refractivity contribution in [3.63, 3.8) is 0 Å². The number of nitrogens with one attached hydrogen (secondary N) is 1. The lowest BCUT2D eigenvalue weighted by atomic mass is 10.0. The summed E-state index contributed by atoms with van der Waals surface area (Å²) in [6.07, 6.45) is 2.49. The Kier molecular flexibility index (Phi) is 4.52. The number of carboxylic acids is 1. The van der Waals surface area contributed by atoms with Crippen molar-refractivity contribution in [3.8, 4) is 0 Å². The topological polar surface area (TPSA) is 79.3 Å². The number of carbonyl (C=O) groups is 2. The van der Waals surface area contributed by atoms with Crippen molar-refractivity contribution in [2.24, 2.45) is 11.8 Å². The van der Waals surface area contributed by atoms with Crippen molar-refractivity contribution in [2.45, 2.75) is 32.6 Å². The van der Waals surface area contributed by atoms with Gasteiger partial charge in [-0.2, -0.15) is 0 Å². The van der Waals surface area contributed by atoms with Crippen LogP contribution in [-0.4, -0.2) is 28.5 Å². The fourth-order valence-electron chi connectivity index (χ4n) is 2.43. The van der Waals surface area contributed by atoms with E-state index in [9.17, 15) is 9.59 Å². The first-order valence-corrected chi connectivity index (χ1v) is 7.35. The van der Waals surface area contributed by atoms with Crippen molar-refractivity contribution in [1.29, 1.82) is 0 Å². The summed E-state index contributed by atoms with van der Waals surface area (Å²) in [6.45, 7) is 2.52. The molecule has 2 unspecified atom stereocenters. The molecule has 1 heterocycles. The molecule has 1 amide bonds. The first-order valence-electron chi connectivity index (χ1n) is 6.48. The molecule has 0 saturated heterocycles. The standard InChI is InChI=1S/C13H18N2O3S/c1-8-15-11(7-19-8)4-5-14-12(16)9-2-3-10(6-9)13(17)18/h7,9-10H,2-6H2,1H3,(H,14,16)(H,17,18). The third-order valence-corrected chi connectivity index (χ3v) is 4.32. The number of nitrogens with zero attached hydrogens (tertiary/aromatic N) is 1. The van der Waals surface area contributed by atoms with Gasteiger partial charge in [-0.05, 0) is 26.2 Å². The molecule has 2 atom stereocenters. The Morgan fingerprint density at radius 1 is 1.47 bits per heavy atom. The first-order chi connectivity index (χ1) is 9.06. The first kappa shape index (κ1) is 14.0. The third-order valence-electron chi connectivity index (χ3n) is 3.50. The quantitative estimate of drug-likeness (QED) is 0.860. The Balaban J connectivity index is 1.72. The molecule has 0 spiro atoms. The van der Waals surface area contributed by atoms with Gasteiger partial charge in [0.2, 0.25) is 5.91 Å². The maximum absolute atomic E-state index is 11.9. The van der Waals surface area contributed by atoms with Crippen molar-refractivity contribution in [1.82, 2.24) is 10.3 Å². The summed E-state index contributed by atoms with van der Waals surface area (Å²) in [6, 6.07) is 0. The number of carboxylic acid groups (broad SMARTS) is 1. The average Bonchev–Trinajstić information content (AvgIpc) is 2.98. The number of thiazole rings is 1. The maximum Gasteiger partial charge on any atom is 0.306 e. The minimum atomic E-state index is -0.784. The van der Waals surface area contributed by atoms with E-state index >= 15 is 0 Å². The van der Waals surface area contributed by atoms with Gasteiger partial charge < -0.3 is 10.4 Å². The van der Waals surface area contributed by atoms with E-state index in [1.807, 2.05) is 12.3 Å². The minimum absolute atomic E-state index is 0.0179. The number of amides is 1. The second kappa shape index (κ2) is 6.14. The zero-order valence-electron chi connectivity index (χ0n) is 10.9. The molecule has 1 aromatic rings. The number of hydrogen-bond acceptors (Lipinski definition) is 4. The molecule has 0 radical (unpaired) electrons. The molecule has 1 saturated carbocycles. The zero-order chi connectivity index (χ0) is 13.8. The molecular formula is C13H18N2O3S. The number of hydrogen-bond donors (Lipinski definition) is 2. The molecule has 1 aliphatic carbocycles. The van der Waals surface area contributed by atoms with Crippen molar-refractivity contribution in [2.75, 3.05) is 6.54 Å². The number of aromatic nitrogens is 1. The second-order valence-corrected chi connectivity index (χ2v) is 6.01. The van der Waals surface area contributed by atoms with Crippen LogP contribution >= 0.6 is 11.3 Å². The van der Waals surface area contributed by atoms with Crippen molar-refractivity contribution in [3.05, 3.63) is 16.1 Å². The van der Waals surface area contributed by atoms with E-state index in [-0.39, 0.29) is 17.7 Å². The van der Waals surface area contributed by atoms with E-state index in [1.165, 1.54) is 0 Å². The van der Waals surface area contributed by atoms with Gasteiger partial charge in [-0.1, -0.05) is 0 Å². The molecule has 1 aliphatic rings. The Hall–Kier alpha value is -1.43. The van der Waals surface area contributed by atoms with Crippen LogP contribution in [0.4, 0.5) is 0 Å². The van der Waals surface area contributed by atoms with Gasteiger partial charge in [0.25, 0.3) is 0 Å². The second-order valence-electron chi connectivity index (χ2n) is 4.94. The average molecular weight is 282 g/mol. The van der Waals surface area contributed by atoms with Gasteiger partial charge in [0.05, 0.1) is 16.6 Å². The largest absolute Gasteiger partial charge is 0.481 e. The van der Waals surface area contributed by atoms with E-state index in [2.05, 4.69) is 10.3 Å². The van der Waals surface area contributed by atoms with Crippen LogP contribution in [0, 0.1) is 18.8 Å². The summed E-state index contributed by atoms with van der Waals surface area (Å²) in [4.78, 5) is 27.0. The van der Waals surface area contributed by atoms with Crippen LogP contribution in [-0.2, 0) is 16.0 Å². The van der Waals surface area contributed by atoms with E-state index in [4.69, 9.17) is 5.11 Å². The van der Waals surface area contributed by atoms with Crippen LogP contribution in [0.25, 0.3) is 0 Å². The van der Waals surface area contributed by atoms with Gasteiger partial charge in [0.1, 0.15) is 0 Å². The van der Waals surface area contributed by atoms with Crippen LogP contribution < -0.4 is 5.32 Å². The molecule has 1 aromatic heterocycles. The summed E-state index contributed by atoms with van der Waals surface area (Å²) >= 11 is 1.60. The molecule has 104 valence electrons. The highest BCUT2D eigenvalue weighted by Crippen LogP contribution is 2.31. The number of aryl methyl sites for hydroxylation is 1. The van der Waals surface area contributed by atoms with Gasteiger partial charge in [-0.3, -0.25) is 9.59 Å². The molecule has 2 N–H and O–H groups in total. The Labute approximate surface area is 116 Å². The summed E-state index contributed by atoms with van der Waals surface area (Å²) in [5.74, 6) is -1.29. The Morgan fingerprint density at radius 3 is 2.79 bits per heavy atom. The lowest BCUT2D eigenvalue weighted by Crippen LogP contribution is -2.31.